The van der Waals surface area contributed by atoms with Gasteiger partial charge in [-0.15, -0.1) is 0 Å². The van der Waals surface area contributed by atoms with Crippen molar-refractivity contribution >= 4 is 5.69 Å². The first kappa shape index (κ1) is 24.6. The zero-order valence-electron chi connectivity index (χ0n) is 21.9. The Morgan fingerprint density at radius 3 is 2.58 bits per heavy atom. The third-order valence-corrected chi connectivity index (χ3v) is 10.5. The second-order valence-corrected chi connectivity index (χ2v) is 12.1. The highest BCUT2D eigenvalue weighted by atomic mass is 14.9. The lowest BCUT2D eigenvalue weighted by atomic mass is 9.44. The molecule has 182 valence electrons. The molecule has 1 aromatic rings. The molecule has 0 aromatic heterocycles. The maximum Gasteiger partial charge on any atom is 0.0992 e. The quantitative estimate of drug-likeness (QED) is 0.502. The van der Waals surface area contributed by atoms with E-state index < -0.39 is 0 Å². The van der Waals surface area contributed by atoms with E-state index >= 15 is 0 Å². The van der Waals surface area contributed by atoms with Gasteiger partial charge >= 0.3 is 0 Å². The van der Waals surface area contributed by atoms with E-state index in [-0.39, 0.29) is 0 Å². The van der Waals surface area contributed by atoms with Gasteiger partial charge in [-0.2, -0.15) is 5.26 Å². The number of benzene rings is 1. The van der Waals surface area contributed by atoms with Crippen molar-refractivity contribution in [1.29, 1.82) is 5.26 Å². The molecule has 0 radical (unpaired) electrons. The van der Waals surface area contributed by atoms with Crippen LogP contribution in [0.2, 0.25) is 0 Å². The van der Waals surface area contributed by atoms with E-state index in [1.54, 1.807) is 0 Å². The SMILES string of the molecule is CC.CC1CCC2C(CCC3C2CCC2(C)C3CCCC2[C@H](C)Nc2cccc(C#N)c2)C1. The van der Waals surface area contributed by atoms with Crippen LogP contribution < -0.4 is 5.32 Å². The van der Waals surface area contributed by atoms with Gasteiger partial charge in [-0.25, -0.2) is 0 Å². The predicted octanol–water partition coefficient (Wildman–Crippen LogP) is 8.68. The van der Waals surface area contributed by atoms with E-state index in [1.165, 1.54) is 64.2 Å². The van der Waals surface area contributed by atoms with Crippen LogP contribution in [0.3, 0.4) is 0 Å². The molecule has 4 fully saturated rings. The maximum atomic E-state index is 9.27. The zero-order valence-corrected chi connectivity index (χ0v) is 21.9. The fraction of sp³-hybridized carbons (Fsp3) is 0.774. The van der Waals surface area contributed by atoms with Crippen molar-refractivity contribution in [3.63, 3.8) is 0 Å². The molecular weight excluding hydrogens is 400 g/mol. The van der Waals surface area contributed by atoms with Gasteiger partial charge in [0.25, 0.3) is 0 Å². The lowest BCUT2D eigenvalue weighted by Crippen LogP contribution is -2.55. The monoisotopic (exact) mass is 448 g/mol. The van der Waals surface area contributed by atoms with Crippen molar-refractivity contribution in [3.8, 4) is 6.07 Å². The van der Waals surface area contributed by atoms with Gasteiger partial charge in [0, 0.05) is 11.7 Å². The summed E-state index contributed by atoms with van der Waals surface area (Å²) in [7, 11) is 0. The Balaban J connectivity index is 0.00000126. The lowest BCUT2D eigenvalue weighted by Gasteiger charge is -2.61. The fourth-order valence-electron chi connectivity index (χ4n) is 9.19. The molecule has 1 N–H and O–H groups in total. The first-order valence-electron chi connectivity index (χ1n) is 14.3. The molecule has 8 unspecified atom stereocenters. The van der Waals surface area contributed by atoms with Crippen LogP contribution in [0.4, 0.5) is 5.69 Å². The molecule has 0 amide bonds. The van der Waals surface area contributed by atoms with Crippen molar-refractivity contribution in [2.75, 3.05) is 5.32 Å². The van der Waals surface area contributed by atoms with Gasteiger partial charge in [0.05, 0.1) is 11.6 Å². The number of anilines is 1. The number of nitrogens with zero attached hydrogens (tertiary/aromatic N) is 1. The number of hydrogen-bond donors (Lipinski definition) is 1. The molecule has 5 rings (SSSR count). The normalized spacial score (nSPS) is 40.5. The summed E-state index contributed by atoms with van der Waals surface area (Å²) < 4.78 is 0. The summed E-state index contributed by atoms with van der Waals surface area (Å²) in [4.78, 5) is 0. The number of nitrogens with one attached hydrogen (secondary N) is 1. The Hall–Kier alpha value is -1.49. The summed E-state index contributed by atoms with van der Waals surface area (Å²) in [5, 5.41) is 13.1. The van der Waals surface area contributed by atoms with Gasteiger partial charge in [-0.05, 0) is 123 Å². The second kappa shape index (κ2) is 10.4. The standard InChI is InChI=1S/C29H42N2.C2H6/c1-19-10-12-24-22(16-19)11-13-26-25(24)14-15-29(3)27(8-5-9-28(26)29)20(2)31-23-7-4-6-21(17-23)18-30;1-2/h4,6-7,17,19-20,22,24-28,31H,5,8-16H2,1-3H3;1-2H3/t19?,20-,22?,24?,25?,26?,27?,28?,29?;/m0./s1. The third-order valence-electron chi connectivity index (χ3n) is 10.5. The maximum absolute atomic E-state index is 9.27. The summed E-state index contributed by atoms with van der Waals surface area (Å²) in [6.07, 6.45) is 14.7. The van der Waals surface area contributed by atoms with E-state index in [4.69, 9.17) is 0 Å². The molecule has 2 nitrogen and oxygen atoms in total. The summed E-state index contributed by atoms with van der Waals surface area (Å²) >= 11 is 0. The highest BCUT2D eigenvalue weighted by molar-refractivity contribution is 5.49. The third kappa shape index (κ3) is 4.72. The molecule has 9 atom stereocenters. The number of fused-ring (bicyclic) bond motifs is 5. The number of nitriles is 1. The summed E-state index contributed by atoms with van der Waals surface area (Å²) in [5.41, 5.74) is 2.35. The highest BCUT2D eigenvalue weighted by Crippen LogP contribution is 2.63. The molecule has 0 bridgehead atoms. The van der Waals surface area contributed by atoms with Gasteiger partial charge in [0.2, 0.25) is 0 Å². The molecule has 4 aliphatic carbocycles. The lowest BCUT2D eigenvalue weighted by molar-refractivity contribution is -0.112. The minimum atomic E-state index is 0.463. The minimum Gasteiger partial charge on any atom is -0.382 e. The van der Waals surface area contributed by atoms with Crippen LogP contribution in [-0.2, 0) is 0 Å². The van der Waals surface area contributed by atoms with Gasteiger partial charge in [0.1, 0.15) is 0 Å². The van der Waals surface area contributed by atoms with Crippen LogP contribution in [0.25, 0.3) is 0 Å². The average Bonchev–Trinajstić information content (AvgIpc) is 2.84. The summed E-state index contributed by atoms with van der Waals surface area (Å²) in [6.45, 7) is 11.6. The largest absolute Gasteiger partial charge is 0.382 e. The Labute approximate surface area is 203 Å². The van der Waals surface area contributed by atoms with E-state index in [0.717, 1.165) is 52.7 Å². The topological polar surface area (TPSA) is 35.8 Å². The van der Waals surface area contributed by atoms with E-state index in [1.807, 2.05) is 32.0 Å². The van der Waals surface area contributed by atoms with Gasteiger partial charge in [-0.3, -0.25) is 0 Å². The van der Waals surface area contributed by atoms with E-state index in [0.29, 0.717) is 11.5 Å². The van der Waals surface area contributed by atoms with Gasteiger partial charge in [-0.1, -0.05) is 46.6 Å². The first-order chi connectivity index (χ1) is 16.0. The molecular formula is C31H48N2. The first-order valence-corrected chi connectivity index (χ1v) is 14.3. The Kier molecular flexibility index (Phi) is 7.77. The molecule has 33 heavy (non-hydrogen) atoms. The van der Waals surface area contributed by atoms with E-state index in [9.17, 15) is 5.26 Å². The number of rotatable bonds is 3. The Morgan fingerprint density at radius 2 is 1.79 bits per heavy atom. The van der Waals surface area contributed by atoms with Gasteiger partial charge < -0.3 is 5.32 Å². The fourth-order valence-corrected chi connectivity index (χ4v) is 9.19. The predicted molar refractivity (Wildman–Crippen MR) is 140 cm³/mol. The van der Waals surface area contributed by atoms with Crippen LogP contribution in [0.1, 0.15) is 104 Å². The van der Waals surface area contributed by atoms with Crippen molar-refractivity contribution < 1.29 is 0 Å². The van der Waals surface area contributed by atoms with Crippen LogP contribution in [0.5, 0.6) is 0 Å². The van der Waals surface area contributed by atoms with Crippen LogP contribution in [-0.4, -0.2) is 6.04 Å². The molecule has 2 heteroatoms. The van der Waals surface area contributed by atoms with E-state index in [2.05, 4.69) is 38.2 Å². The zero-order chi connectivity index (χ0) is 23.6. The van der Waals surface area contributed by atoms with Crippen molar-refractivity contribution in [2.24, 2.45) is 46.8 Å². The average molecular weight is 449 g/mol. The second-order valence-electron chi connectivity index (χ2n) is 12.1. The molecule has 4 saturated carbocycles. The molecule has 0 heterocycles. The molecule has 0 spiro atoms. The van der Waals surface area contributed by atoms with Crippen LogP contribution >= 0.6 is 0 Å². The Bertz CT molecular complexity index is 824. The van der Waals surface area contributed by atoms with Crippen LogP contribution in [0.15, 0.2) is 24.3 Å². The smallest absolute Gasteiger partial charge is 0.0992 e. The minimum absolute atomic E-state index is 0.463. The molecule has 0 aliphatic heterocycles. The summed E-state index contributed by atoms with van der Waals surface area (Å²) in [5.74, 6) is 6.74. The number of hydrogen-bond acceptors (Lipinski definition) is 2. The van der Waals surface area contributed by atoms with Crippen molar-refractivity contribution in [1.82, 2.24) is 0 Å². The van der Waals surface area contributed by atoms with Crippen LogP contribution in [0, 0.1) is 58.2 Å². The molecule has 4 aliphatic rings. The molecule has 1 aromatic carbocycles. The van der Waals surface area contributed by atoms with Gasteiger partial charge in [0.15, 0.2) is 0 Å². The molecule has 0 saturated heterocycles. The summed E-state index contributed by atoms with van der Waals surface area (Å²) in [6, 6.07) is 10.8. The Morgan fingerprint density at radius 1 is 1.00 bits per heavy atom. The van der Waals surface area contributed by atoms with Crippen molar-refractivity contribution in [2.45, 2.75) is 105 Å². The highest BCUT2D eigenvalue weighted by Gasteiger charge is 2.56. The van der Waals surface area contributed by atoms with Crippen molar-refractivity contribution in [3.05, 3.63) is 29.8 Å².